The Balaban J connectivity index is 1.91. The zero-order valence-corrected chi connectivity index (χ0v) is 14.2. The molecule has 0 aromatic heterocycles. The molecule has 2 aromatic carbocycles. The number of ether oxygens (including phenoxy) is 1. The third-order valence-electron chi connectivity index (χ3n) is 3.70. The van der Waals surface area contributed by atoms with Crippen LogP contribution in [0.5, 0.6) is 5.75 Å². The summed E-state index contributed by atoms with van der Waals surface area (Å²) < 4.78 is 5.81. The van der Waals surface area contributed by atoms with Gasteiger partial charge in [0.2, 0.25) is 0 Å². The van der Waals surface area contributed by atoms with E-state index in [2.05, 4.69) is 5.32 Å². The van der Waals surface area contributed by atoms with Crippen LogP contribution in [0.25, 0.3) is 0 Å². The molecule has 0 saturated carbocycles. The van der Waals surface area contributed by atoms with Gasteiger partial charge in [0.25, 0.3) is 0 Å². The van der Waals surface area contributed by atoms with Crippen molar-refractivity contribution in [3.05, 3.63) is 65.7 Å². The normalized spacial score (nSPS) is 12.1. The van der Waals surface area contributed by atoms with E-state index in [-0.39, 0.29) is 0 Å². The van der Waals surface area contributed by atoms with Crippen LogP contribution < -0.4 is 10.1 Å². The minimum absolute atomic E-state index is 0.333. The van der Waals surface area contributed by atoms with Crippen LogP contribution in [0.2, 0.25) is 0 Å². The van der Waals surface area contributed by atoms with Gasteiger partial charge >= 0.3 is 5.97 Å². The standard InChI is InChI=1S/C20H25NO3/c1-15(2)11-19(20(22)23)21-13-17-9-6-10-18(12-17)24-14-16-7-4-3-5-8-16/h3-10,12,15,19,21H,11,13-14H2,1-2H3,(H,22,23)/t19-/m0/s1. The Morgan fingerprint density at radius 3 is 2.46 bits per heavy atom. The SMILES string of the molecule is CC(C)C[C@H](NCc1cccc(OCc2ccccc2)c1)C(=O)O. The molecule has 0 fully saturated rings. The summed E-state index contributed by atoms with van der Waals surface area (Å²) in [6.45, 7) is 5.07. The molecule has 4 heteroatoms. The molecule has 0 radical (unpaired) electrons. The average molecular weight is 327 g/mol. The Hall–Kier alpha value is -2.33. The smallest absolute Gasteiger partial charge is 0.320 e. The van der Waals surface area contributed by atoms with Crippen molar-refractivity contribution in [2.24, 2.45) is 5.92 Å². The first kappa shape index (κ1) is 18.0. The van der Waals surface area contributed by atoms with Gasteiger partial charge in [-0.2, -0.15) is 0 Å². The first-order valence-corrected chi connectivity index (χ1v) is 8.26. The molecule has 0 saturated heterocycles. The molecule has 4 nitrogen and oxygen atoms in total. The summed E-state index contributed by atoms with van der Waals surface area (Å²) in [4.78, 5) is 11.3. The van der Waals surface area contributed by atoms with Crippen molar-refractivity contribution in [1.82, 2.24) is 5.32 Å². The fourth-order valence-corrected chi connectivity index (χ4v) is 2.47. The highest BCUT2D eigenvalue weighted by atomic mass is 16.5. The molecular weight excluding hydrogens is 302 g/mol. The van der Waals surface area contributed by atoms with Gasteiger partial charge in [0, 0.05) is 6.54 Å². The molecule has 0 bridgehead atoms. The third-order valence-corrected chi connectivity index (χ3v) is 3.70. The number of hydrogen-bond acceptors (Lipinski definition) is 3. The van der Waals surface area contributed by atoms with E-state index in [0.717, 1.165) is 16.9 Å². The van der Waals surface area contributed by atoms with Crippen LogP contribution in [-0.4, -0.2) is 17.1 Å². The first-order valence-electron chi connectivity index (χ1n) is 8.26. The fraction of sp³-hybridized carbons (Fsp3) is 0.350. The maximum atomic E-state index is 11.3. The van der Waals surface area contributed by atoms with Crippen LogP contribution in [0.4, 0.5) is 0 Å². The van der Waals surface area contributed by atoms with Crippen LogP contribution in [0.1, 0.15) is 31.4 Å². The summed E-state index contributed by atoms with van der Waals surface area (Å²) in [6, 6.07) is 17.2. The number of carboxylic acid groups (broad SMARTS) is 1. The van der Waals surface area contributed by atoms with Gasteiger partial charge in [0.15, 0.2) is 0 Å². The van der Waals surface area contributed by atoms with Crippen LogP contribution in [-0.2, 0) is 17.9 Å². The monoisotopic (exact) mass is 327 g/mol. The summed E-state index contributed by atoms with van der Waals surface area (Å²) in [5, 5.41) is 12.4. The fourth-order valence-electron chi connectivity index (χ4n) is 2.47. The molecule has 128 valence electrons. The number of aliphatic carboxylic acids is 1. The van der Waals surface area contributed by atoms with Gasteiger partial charge in [0.1, 0.15) is 18.4 Å². The molecule has 0 amide bonds. The van der Waals surface area contributed by atoms with E-state index in [4.69, 9.17) is 4.74 Å². The van der Waals surface area contributed by atoms with Crippen molar-refractivity contribution >= 4 is 5.97 Å². The topological polar surface area (TPSA) is 58.6 Å². The second-order valence-electron chi connectivity index (χ2n) is 6.32. The maximum Gasteiger partial charge on any atom is 0.320 e. The van der Waals surface area contributed by atoms with Crippen molar-refractivity contribution in [2.75, 3.05) is 0 Å². The summed E-state index contributed by atoms with van der Waals surface area (Å²) in [6.07, 6.45) is 0.611. The van der Waals surface area contributed by atoms with Crippen molar-refractivity contribution < 1.29 is 14.6 Å². The Labute approximate surface area is 143 Å². The molecule has 2 rings (SSSR count). The minimum atomic E-state index is -0.805. The molecule has 0 aliphatic heterocycles. The van der Waals surface area contributed by atoms with Gasteiger partial charge in [-0.3, -0.25) is 4.79 Å². The second-order valence-corrected chi connectivity index (χ2v) is 6.32. The van der Waals surface area contributed by atoms with Crippen molar-refractivity contribution in [3.63, 3.8) is 0 Å². The van der Waals surface area contributed by atoms with Crippen LogP contribution in [0.3, 0.4) is 0 Å². The van der Waals surface area contributed by atoms with Gasteiger partial charge in [-0.05, 0) is 35.6 Å². The molecule has 0 spiro atoms. The molecule has 0 heterocycles. The zero-order chi connectivity index (χ0) is 17.4. The lowest BCUT2D eigenvalue weighted by atomic mass is 10.0. The molecule has 0 unspecified atom stereocenters. The Bertz CT molecular complexity index is 640. The Morgan fingerprint density at radius 1 is 1.08 bits per heavy atom. The van der Waals surface area contributed by atoms with E-state index in [0.29, 0.717) is 25.5 Å². The summed E-state index contributed by atoms with van der Waals surface area (Å²) in [7, 11) is 0. The minimum Gasteiger partial charge on any atom is -0.489 e. The van der Waals surface area contributed by atoms with Crippen molar-refractivity contribution in [1.29, 1.82) is 0 Å². The van der Waals surface area contributed by atoms with Crippen molar-refractivity contribution in [3.8, 4) is 5.75 Å². The number of carboxylic acids is 1. The maximum absolute atomic E-state index is 11.3. The predicted molar refractivity (Wildman–Crippen MR) is 94.9 cm³/mol. The lowest BCUT2D eigenvalue weighted by Gasteiger charge is -2.16. The molecular formula is C20H25NO3. The summed E-state index contributed by atoms with van der Waals surface area (Å²) >= 11 is 0. The summed E-state index contributed by atoms with van der Waals surface area (Å²) in [5.41, 5.74) is 2.12. The van der Waals surface area contributed by atoms with E-state index in [9.17, 15) is 9.90 Å². The zero-order valence-electron chi connectivity index (χ0n) is 14.2. The van der Waals surface area contributed by atoms with E-state index in [1.54, 1.807) is 0 Å². The highest BCUT2D eigenvalue weighted by molar-refractivity contribution is 5.73. The number of benzene rings is 2. The lowest BCUT2D eigenvalue weighted by Crippen LogP contribution is -2.37. The predicted octanol–water partition coefficient (Wildman–Crippen LogP) is 3.85. The molecule has 2 N–H and O–H groups in total. The van der Waals surface area contributed by atoms with Crippen molar-refractivity contribution in [2.45, 2.75) is 39.5 Å². The Kier molecular flexibility index (Phi) is 6.82. The third kappa shape index (κ3) is 6.05. The van der Waals surface area contributed by atoms with E-state index in [1.165, 1.54) is 0 Å². The quantitative estimate of drug-likeness (QED) is 0.734. The summed E-state index contributed by atoms with van der Waals surface area (Å²) in [5.74, 6) is 0.313. The van der Waals surface area contributed by atoms with E-state index < -0.39 is 12.0 Å². The number of rotatable bonds is 9. The second kappa shape index (κ2) is 9.08. The van der Waals surface area contributed by atoms with Gasteiger partial charge in [-0.25, -0.2) is 0 Å². The molecule has 24 heavy (non-hydrogen) atoms. The number of hydrogen-bond donors (Lipinski definition) is 2. The van der Waals surface area contributed by atoms with E-state index in [1.807, 2.05) is 68.4 Å². The highest BCUT2D eigenvalue weighted by Crippen LogP contribution is 2.16. The lowest BCUT2D eigenvalue weighted by molar-refractivity contribution is -0.140. The molecule has 2 aromatic rings. The molecule has 1 atom stereocenters. The van der Waals surface area contributed by atoms with Gasteiger partial charge in [-0.15, -0.1) is 0 Å². The van der Waals surface area contributed by atoms with Crippen LogP contribution in [0.15, 0.2) is 54.6 Å². The highest BCUT2D eigenvalue weighted by Gasteiger charge is 2.17. The van der Waals surface area contributed by atoms with Crippen LogP contribution >= 0.6 is 0 Å². The number of nitrogens with one attached hydrogen (secondary N) is 1. The Morgan fingerprint density at radius 2 is 1.79 bits per heavy atom. The molecule has 0 aliphatic carbocycles. The van der Waals surface area contributed by atoms with Gasteiger partial charge in [0.05, 0.1) is 0 Å². The molecule has 0 aliphatic rings. The number of carbonyl (C=O) groups is 1. The van der Waals surface area contributed by atoms with E-state index >= 15 is 0 Å². The van der Waals surface area contributed by atoms with Gasteiger partial charge < -0.3 is 15.2 Å². The average Bonchev–Trinajstić information content (AvgIpc) is 2.57. The van der Waals surface area contributed by atoms with Crippen LogP contribution in [0, 0.1) is 5.92 Å². The first-order chi connectivity index (χ1) is 11.5. The van der Waals surface area contributed by atoms with Gasteiger partial charge in [-0.1, -0.05) is 56.3 Å². The largest absolute Gasteiger partial charge is 0.489 e.